The van der Waals surface area contributed by atoms with Crippen molar-refractivity contribution in [1.82, 2.24) is 9.55 Å². The maximum absolute atomic E-state index is 12.1. The largest absolute Gasteiger partial charge is 0.330 e. The smallest absolute Gasteiger partial charge is 0.228 e. The van der Waals surface area contributed by atoms with E-state index in [-0.39, 0.29) is 11.8 Å². The van der Waals surface area contributed by atoms with Crippen LogP contribution in [0.3, 0.4) is 0 Å². The van der Waals surface area contributed by atoms with E-state index < -0.39 is 0 Å². The van der Waals surface area contributed by atoms with Crippen LogP contribution in [-0.4, -0.2) is 22.0 Å². The topological polar surface area (TPSA) is 72.9 Å². The van der Waals surface area contributed by atoms with Crippen LogP contribution in [0, 0.1) is 5.92 Å². The van der Waals surface area contributed by atoms with Crippen molar-refractivity contribution in [3.63, 3.8) is 0 Å². The molecule has 0 spiro atoms. The number of hydrogen-bond donors (Lipinski definition) is 2. The van der Waals surface area contributed by atoms with Crippen molar-refractivity contribution in [2.45, 2.75) is 19.8 Å². The fourth-order valence-electron chi connectivity index (χ4n) is 2.10. The molecule has 0 aliphatic heterocycles. The molecule has 1 atom stereocenters. The van der Waals surface area contributed by atoms with Crippen LogP contribution in [0.15, 0.2) is 43.0 Å². The van der Waals surface area contributed by atoms with Gasteiger partial charge in [0.15, 0.2) is 0 Å². The lowest BCUT2D eigenvalue weighted by Gasteiger charge is -2.14. The van der Waals surface area contributed by atoms with Crippen LogP contribution >= 0.6 is 0 Å². The number of benzene rings is 1. The minimum atomic E-state index is -0.128. The van der Waals surface area contributed by atoms with E-state index in [2.05, 4.69) is 17.2 Å². The van der Waals surface area contributed by atoms with Crippen LogP contribution in [0.1, 0.15) is 19.8 Å². The third-order valence-corrected chi connectivity index (χ3v) is 3.21. The second-order valence-electron chi connectivity index (χ2n) is 4.73. The lowest BCUT2D eigenvalue weighted by molar-refractivity contribution is -0.119. The van der Waals surface area contributed by atoms with Crippen molar-refractivity contribution in [2.75, 3.05) is 11.9 Å². The molecule has 1 aromatic heterocycles. The second-order valence-corrected chi connectivity index (χ2v) is 4.73. The number of nitrogens with one attached hydrogen (secondary N) is 1. The molecular formula is C15H20N4O. The summed E-state index contributed by atoms with van der Waals surface area (Å²) in [5, 5.41) is 2.93. The Balaban J connectivity index is 2.10. The molecule has 106 valence electrons. The predicted octanol–water partition coefficient (Wildman–Crippen LogP) is 2.19. The van der Waals surface area contributed by atoms with Crippen LogP contribution in [-0.2, 0) is 4.79 Å². The SMILES string of the molecule is CCCC(CN)C(=O)Nc1cccc(-n2ccnc2)c1. The van der Waals surface area contributed by atoms with Gasteiger partial charge in [-0.1, -0.05) is 19.4 Å². The molecule has 0 bridgehead atoms. The zero-order chi connectivity index (χ0) is 14.4. The normalized spacial score (nSPS) is 12.1. The van der Waals surface area contributed by atoms with Crippen LogP contribution < -0.4 is 11.1 Å². The lowest BCUT2D eigenvalue weighted by atomic mass is 10.0. The molecule has 1 unspecified atom stereocenters. The molecule has 20 heavy (non-hydrogen) atoms. The van der Waals surface area contributed by atoms with E-state index in [1.54, 1.807) is 12.5 Å². The standard InChI is InChI=1S/C15H20N4O/c1-2-4-12(10-16)15(20)18-13-5-3-6-14(9-13)19-8-7-17-11-19/h3,5-9,11-12H,2,4,10,16H2,1H3,(H,18,20). The molecule has 0 aliphatic rings. The van der Waals surface area contributed by atoms with Gasteiger partial charge in [0, 0.05) is 30.3 Å². The van der Waals surface area contributed by atoms with E-state index in [0.717, 1.165) is 24.2 Å². The van der Waals surface area contributed by atoms with Gasteiger partial charge >= 0.3 is 0 Å². The summed E-state index contributed by atoms with van der Waals surface area (Å²) < 4.78 is 1.89. The maximum Gasteiger partial charge on any atom is 0.228 e. The number of carbonyl (C=O) groups excluding carboxylic acids is 1. The summed E-state index contributed by atoms with van der Waals surface area (Å²) in [7, 11) is 0. The number of carbonyl (C=O) groups is 1. The monoisotopic (exact) mass is 272 g/mol. The van der Waals surface area contributed by atoms with E-state index in [0.29, 0.717) is 6.54 Å². The van der Waals surface area contributed by atoms with E-state index in [1.807, 2.05) is 35.0 Å². The molecule has 1 aromatic carbocycles. The first-order chi connectivity index (χ1) is 9.74. The minimum Gasteiger partial charge on any atom is -0.330 e. The van der Waals surface area contributed by atoms with E-state index in [1.165, 1.54) is 0 Å². The summed E-state index contributed by atoms with van der Waals surface area (Å²) in [6.07, 6.45) is 7.06. The Labute approximate surface area is 118 Å². The molecular weight excluding hydrogens is 252 g/mol. The van der Waals surface area contributed by atoms with Gasteiger partial charge < -0.3 is 15.6 Å². The second kappa shape index (κ2) is 6.86. The number of rotatable bonds is 6. The molecule has 0 aliphatic carbocycles. The molecule has 5 nitrogen and oxygen atoms in total. The van der Waals surface area contributed by atoms with E-state index >= 15 is 0 Å². The van der Waals surface area contributed by atoms with Crippen molar-refractivity contribution in [1.29, 1.82) is 0 Å². The van der Waals surface area contributed by atoms with Crippen molar-refractivity contribution in [2.24, 2.45) is 11.7 Å². The minimum absolute atomic E-state index is 0.0165. The Kier molecular flexibility index (Phi) is 4.90. The van der Waals surface area contributed by atoms with Crippen LogP contribution in [0.2, 0.25) is 0 Å². The van der Waals surface area contributed by atoms with Gasteiger partial charge in [0.1, 0.15) is 0 Å². The van der Waals surface area contributed by atoms with E-state index in [9.17, 15) is 4.79 Å². The first kappa shape index (κ1) is 14.3. The maximum atomic E-state index is 12.1. The number of anilines is 1. The fourth-order valence-corrected chi connectivity index (χ4v) is 2.10. The average Bonchev–Trinajstić information content (AvgIpc) is 2.99. The summed E-state index contributed by atoms with van der Waals surface area (Å²) >= 11 is 0. The highest BCUT2D eigenvalue weighted by Crippen LogP contribution is 2.16. The fraction of sp³-hybridized carbons (Fsp3) is 0.333. The molecule has 2 aromatic rings. The molecule has 0 saturated heterocycles. The summed E-state index contributed by atoms with van der Waals surface area (Å²) in [5.74, 6) is -0.144. The number of nitrogens with zero attached hydrogens (tertiary/aromatic N) is 2. The quantitative estimate of drug-likeness (QED) is 0.846. The van der Waals surface area contributed by atoms with Gasteiger partial charge in [-0.05, 0) is 24.6 Å². The zero-order valence-corrected chi connectivity index (χ0v) is 11.6. The van der Waals surface area contributed by atoms with Crippen molar-refractivity contribution >= 4 is 11.6 Å². The van der Waals surface area contributed by atoms with Crippen molar-refractivity contribution < 1.29 is 4.79 Å². The van der Waals surface area contributed by atoms with Crippen LogP contribution in [0.5, 0.6) is 0 Å². The van der Waals surface area contributed by atoms with Gasteiger partial charge in [0.25, 0.3) is 0 Å². The Hall–Kier alpha value is -2.14. The van der Waals surface area contributed by atoms with Gasteiger partial charge in [0.2, 0.25) is 5.91 Å². The molecule has 1 amide bonds. The van der Waals surface area contributed by atoms with Gasteiger partial charge in [0.05, 0.1) is 12.2 Å². The van der Waals surface area contributed by atoms with Gasteiger partial charge in [-0.25, -0.2) is 4.98 Å². The third-order valence-electron chi connectivity index (χ3n) is 3.21. The highest BCUT2D eigenvalue weighted by atomic mass is 16.1. The lowest BCUT2D eigenvalue weighted by Crippen LogP contribution is -2.29. The average molecular weight is 272 g/mol. The Morgan fingerprint density at radius 3 is 3.00 bits per heavy atom. The van der Waals surface area contributed by atoms with Gasteiger partial charge in [-0.15, -0.1) is 0 Å². The summed E-state index contributed by atoms with van der Waals surface area (Å²) in [6, 6.07) is 7.66. The molecule has 0 fully saturated rings. The van der Waals surface area contributed by atoms with Gasteiger partial charge in [-0.3, -0.25) is 4.79 Å². The zero-order valence-electron chi connectivity index (χ0n) is 11.6. The molecule has 0 saturated carbocycles. The third kappa shape index (κ3) is 3.45. The first-order valence-corrected chi connectivity index (χ1v) is 6.84. The summed E-state index contributed by atoms with van der Waals surface area (Å²) in [5.41, 5.74) is 7.38. The van der Waals surface area contributed by atoms with Gasteiger partial charge in [-0.2, -0.15) is 0 Å². The highest BCUT2D eigenvalue weighted by molar-refractivity contribution is 5.92. The van der Waals surface area contributed by atoms with Crippen LogP contribution in [0.4, 0.5) is 5.69 Å². The molecule has 2 rings (SSSR count). The summed E-state index contributed by atoms with van der Waals surface area (Å²) in [6.45, 7) is 2.43. The predicted molar refractivity (Wildman–Crippen MR) is 79.6 cm³/mol. The van der Waals surface area contributed by atoms with Crippen molar-refractivity contribution in [3.05, 3.63) is 43.0 Å². The molecule has 1 heterocycles. The number of amides is 1. The molecule has 3 N–H and O–H groups in total. The van der Waals surface area contributed by atoms with E-state index in [4.69, 9.17) is 5.73 Å². The highest BCUT2D eigenvalue weighted by Gasteiger charge is 2.15. The number of aromatic nitrogens is 2. The number of hydrogen-bond acceptors (Lipinski definition) is 3. The Morgan fingerprint density at radius 2 is 2.35 bits per heavy atom. The Bertz CT molecular complexity index is 551. The van der Waals surface area contributed by atoms with Crippen LogP contribution in [0.25, 0.3) is 5.69 Å². The molecule has 5 heteroatoms. The first-order valence-electron chi connectivity index (χ1n) is 6.84. The summed E-state index contributed by atoms with van der Waals surface area (Å²) in [4.78, 5) is 16.1. The van der Waals surface area contributed by atoms with Crippen molar-refractivity contribution in [3.8, 4) is 5.69 Å². The number of nitrogens with two attached hydrogens (primary N) is 1. The number of imidazole rings is 1. The Morgan fingerprint density at radius 1 is 1.50 bits per heavy atom. The molecule has 0 radical (unpaired) electrons.